The number of carbonyl (C=O) groups excluding carboxylic acids is 1. The predicted molar refractivity (Wildman–Crippen MR) is 151 cm³/mol. The number of nitrogens with one attached hydrogen (secondary N) is 3. The second kappa shape index (κ2) is 12.2. The summed E-state index contributed by atoms with van der Waals surface area (Å²) in [5.41, 5.74) is 4.12. The van der Waals surface area contributed by atoms with Crippen LogP contribution in [-0.4, -0.2) is 39.7 Å². The van der Waals surface area contributed by atoms with E-state index in [0.29, 0.717) is 23.3 Å². The molecule has 0 aliphatic rings. The third kappa shape index (κ3) is 6.76. The molecule has 1 heterocycles. The zero-order valence-electron chi connectivity index (χ0n) is 22.4. The monoisotopic (exact) mass is 526 g/mol. The molecule has 3 aromatic carbocycles. The Kier molecular flexibility index (Phi) is 8.51. The number of carbonyl (C=O) groups is 1. The number of hydrogen-bond acceptors (Lipinski definition) is 6. The van der Waals surface area contributed by atoms with Gasteiger partial charge in [-0.25, -0.2) is 14.3 Å². The molecule has 0 aliphatic heterocycles. The van der Waals surface area contributed by atoms with Crippen LogP contribution in [0.3, 0.4) is 0 Å². The van der Waals surface area contributed by atoms with Crippen LogP contribution >= 0.6 is 0 Å². The third-order valence-electron chi connectivity index (χ3n) is 5.94. The van der Waals surface area contributed by atoms with Crippen LogP contribution in [0.1, 0.15) is 33.3 Å². The molecule has 3 N–H and O–H groups in total. The first-order valence-corrected chi connectivity index (χ1v) is 12.7. The second-order valence-corrected chi connectivity index (χ2v) is 10.1. The molecule has 4 aromatic rings. The van der Waals surface area contributed by atoms with E-state index in [2.05, 4.69) is 63.9 Å². The van der Waals surface area contributed by atoms with E-state index in [-0.39, 0.29) is 11.3 Å². The molecular formula is C29H31FN8O. The van der Waals surface area contributed by atoms with Crippen molar-refractivity contribution in [2.24, 2.45) is 11.8 Å². The molecule has 4 rings (SSSR count). The van der Waals surface area contributed by atoms with Crippen LogP contribution in [0.25, 0.3) is 22.5 Å². The standard InChI is InChI=1S/C29H31FN8O/c1-18(2)16-38(17-19(3)4)27-12-10-21(22-7-5-6-8-23(22)28-34-36-37-35-28)14-26(27)33-29(39)32-25-11-9-20(15-31)13-24(25)30/h5-14,18-19H,16-17H2,1-4H3,(H2,32,33,39)(H,34,35,36,37). The maximum absolute atomic E-state index is 14.5. The summed E-state index contributed by atoms with van der Waals surface area (Å²) in [4.78, 5) is 15.4. The van der Waals surface area contributed by atoms with Crippen LogP contribution in [0.5, 0.6) is 0 Å². The van der Waals surface area contributed by atoms with Crippen LogP contribution in [0.15, 0.2) is 60.7 Å². The molecule has 0 fully saturated rings. The number of benzene rings is 3. The Balaban J connectivity index is 1.74. The fraction of sp³-hybridized carbons (Fsp3) is 0.276. The van der Waals surface area contributed by atoms with Crippen LogP contribution in [-0.2, 0) is 0 Å². The minimum Gasteiger partial charge on any atom is -0.369 e. The van der Waals surface area contributed by atoms with Gasteiger partial charge in [0.25, 0.3) is 0 Å². The first kappa shape index (κ1) is 27.3. The Bertz CT molecular complexity index is 1470. The van der Waals surface area contributed by atoms with E-state index in [4.69, 9.17) is 5.26 Å². The molecule has 0 radical (unpaired) electrons. The second-order valence-electron chi connectivity index (χ2n) is 10.1. The molecule has 0 saturated heterocycles. The van der Waals surface area contributed by atoms with Crippen molar-refractivity contribution in [1.82, 2.24) is 20.6 Å². The highest BCUT2D eigenvalue weighted by Crippen LogP contribution is 2.36. The number of rotatable bonds is 9. The molecule has 0 atom stereocenters. The zero-order chi connectivity index (χ0) is 27.9. The number of hydrogen-bond donors (Lipinski definition) is 3. The summed E-state index contributed by atoms with van der Waals surface area (Å²) in [7, 11) is 0. The highest BCUT2D eigenvalue weighted by molar-refractivity contribution is 6.02. The summed E-state index contributed by atoms with van der Waals surface area (Å²) in [6.45, 7) is 10.2. The van der Waals surface area contributed by atoms with Crippen LogP contribution in [0.4, 0.5) is 26.2 Å². The molecule has 0 saturated carbocycles. The topological polar surface area (TPSA) is 123 Å². The van der Waals surface area contributed by atoms with Gasteiger partial charge in [0, 0.05) is 18.7 Å². The van der Waals surface area contributed by atoms with Gasteiger partial charge in [-0.1, -0.05) is 58.0 Å². The summed E-state index contributed by atoms with van der Waals surface area (Å²) >= 11 is 0. The summed E-state index contributed by atoms with van der Waals surface area (Å²) in [6, 6.07) is 18.8. The number of tetrazole rings is 1. The van der Waals surface area contributed by atoms with Gasteiger partial charge in [0.1, 0.15) is 5.82 Å². The Morgan fingerprint density at radius 2 is 1.67 bits per heavy atom. The molecule has 200 valence electrons. The van der Waals surface area contributed by atoms with Gasteiger partial charge in [-0.05, 0) is 63.7 Å². The number of halogens is 1. The largest absolute Gasteiger partial charge is 0.369 e. The first-order chi connectivity index (χ1) is 18.7. The molecule has 0 spiro atoms. The molecule has 39 heavy (non-hydrogen) atoms. The molecular weight excluding hydrogens is 495 g/mol. The van der Waals surface area contributed by atoms with Gasteiger partial charge in [0.2, 0.25) is 0 Å². The number of aromatic nitrogens is 4. The summed E-state index contributed by atoms with van der Waals surface area (Å²) in [5, 5.41) is 28.8. The maximum Gasteiger partial charge on any atom is 0.323 e. The smallest absolute Gasteiger partial charge is 0.323 e. The fourth-order valence-electron chi connectivity index (χ4n) is 4.41. The number of nitriles is 1. The highest BCUT2D eigenvalue weighted by atomic mass is 19.1. The minimum atomic E-state index is -0.686. The van der Waals surface area contributed by atoms with E-state index in [0.717, 1.165) is 41.5 Å². The van der Waals surface area contributed by atoms with Gasteiger partial charge >= 0.3 is 6.03 Å². The van der Waals surface area contributed by atoms with Crippen molar-refractivity contribution in [3.05, 3.63) is 72.0 Å². The lowest BCUT2D eigenvalue weighted by atomic mass is 9.97. The Morgan fingerprint density at radius 1 is 0.974 bits per heavy atom. The molecule has 0 unspecified atom stereocenters. The van der Waals surface area contributed by atoms with Crippen molar-refractivity contribution < 1.29 is 9.18 Å². The van der Waals surface area contributed by atoms with Crippen molar-refractivity contribution >= 4 is 23.1 Å². The number of anilines is 3. The van der Waals surface area contributed by atoms with Crippen molar-refractivity contribution in [2.45, 2.75) is 27.7 Å². The number of H-pyrrole nitrogens is 1. The van der Waals surface area contributed by atoms with E-state index in [1.807, 2.05) is 48.5 Å². The van der Waals surface area contributed by atoms with Crippen molar-refractivity contribution in [3.8, 4) is 28.6 Å². The number of aromatic amines is 1. The number of urea groups is 1. The Labute approximate surface area is 227 Å². The van der Waals surface area contributed by atoms with Gasteiger partial charge in [-0.15, -0.1) is 5.10 Å². The van der Waals surface area contributed by atoms with E-state index in [1.54, 1.807) is 0 Å². The Hall–Kier alpha value is -4.78. The normalized spacial score (nSPS) is 10.9. The van der Waals surface area contributed by atoms with Gasteiger partial charge in [-0.2, -0.15) is 5.26 Å². The predicted octanol–water partition coefficient (Wildman–Crippen LogP) is 6.31. The molecule has 0 bridgehead atoms. The van der Waals surface area contributed by atoms with Crippen molar-refractivity contribution in [2.75, 3.05) is 28.6 Å². The highest BCUT2D eigenvalue weighted by Gasteiger charge is 2.19. The zero-order valence-corrected chi connectivity index (χ0v) is 22.4. The van der Waals surface area contributed by atoms with Gasteiger partial charge < -0.3 is 15.5 Å². The van der Waals surface area contributed by atoms with Crippen molar-refractivity contribution in [1.29, 1.82) is 5.26 Å². The van der Waals surface area contributed by atoms with E-state index < -0.39 is 11.8 Å². The van der Waals surface area contributed by atoms with Crippen molar-refractivity contribution in [3.63, 3.8) is 0 Å². The lowest BCUT2D eigenvalue weighted by molar-refractivity contribution is 0.262. The average Bonchev–Trinajstić information content (AvgIpc) is 3.44. The average molecular weight is 527 g/mol. The molecule has 10 heteroatoms. The fourth-order valence-corrected chi connectivity index (χ4v) is 4.41. The SMILES string of the molecule is CC(C)CN(CC(C)C)c1ccc(-c2ccccc2-c2nnn[nH]2)cc1NC(=O)Nc1ccc(C#N)cc1F. The number of nitrogens with zero attached hydrogens (tertiary/aromatic N) is 5. The summed E-state index contributed by atoms with van der Waals surface area (Å²) in [6.07, 6.45) is 0. The molecule has 9 nitrogen and oxygen atoms in total. The van der Waals surface area contributed by atoms with Crippen LogP contribution < -0.4 is 15.5 Å². The van der Waals surface area contributed by atoms with Gasteiger partial charge in [0.05, 0.1) is 28.7 Å². The maximum atomic E-state index is 14.5. The minimum absolute atomic E-state index is 0.0198. The Morgan fingerprint density at radius 3 is 2.28 bits per heavy atom. The molecule has 2 amide bonds. The molecule has 1 aromatic heterocycles. The van der Waals surface area contributed by atoms with Crippen LogP contribution in [0, 0.1) is 29.0 Å². The first-order valence-electron chi connectivity index (χ1n) is 12.7. The lowest BCUT2D eigenvalue weighted by Gasteiger charge is -2.31. The van der Waals surface area contributed by atoms with E-state index in [9.17, 15) is 9.18 Å². The van der Waals surface area contributed by atoms with Gasteiger partial charge in [0.15, 0.2) is 5.82 Å². The summed E-state index contributed by atoms with van der Waals surface area (Å²) < 4.78 is 14.5. The van der Waals surface area contributed by atoms with Gasteiger partial charge in [-0.3, -0.25) is 0 Å². The number of amides is 2. The molecule has 0 aliphatic carbocycles. The van der Waals surface area contributed by atoms with E-state index in [1.165, 1.54) is 12.1 Å². The quantitative estimate of drug-likeness (QED) is 0.235. The van der Waals surface area contributed by atoms with E-state index >= 15 is 0 Å². The third-order valence-corrected chi connectivity index (χ3v) is 5.94. The summed E-state index contributed by atoms with van der Waals surface area (Å²) in [5.74, 6) is 0.614. The lowest BCUT2D eigenvalue weighted by Crippen LogP contribution is -2.32. The van der Waals surface area contributed by atoms with Crippen LogP contribution in [0.2, 0.25) is 0 Å².